The number of fused-ring (bicyclic) bond motifs is 2. The molecule has 8 nitrogen and oxygen atoms in total. The topological polar surface area (TPSA) is 93.1 Å². The highest BCUT2D eigenvalue weighted by Gasteiger charge is 2.27. The molecule has 1 N–H and O–H groups in total. The quantitative estimate of drug-likeness (QED) is 0.405. The summed E-state index contributed by atoms with van der Waals surface area (Å²) in [7, 11) is -3.85. The fraction of sp³-hybridized carbons (Fsp3) is 0.231. The van der Waals surface area contributed by atoms with Crippen molar-refractivity contribution in [3.05, 3.63) is 72.6 Å². The number of nitrogens with zero attached hydrogens (tertiary/aromatic N) is 4. The van der Waals surface area contributed by atoms with Crippen LogP contribution in [0.15, 0.2) is 71.9 Å². The van der Waals surface area contributed by atoms with Gasteiger partial charge in [0.1, 0.15) is 5.82 Å². The third-order valence-corrected chi connectivity index (χ3v) is 8.22. The van der Waals surface area contributed by atoms with Crippen LogP contribution in [0.5, 0.6) is 0 Å². The molecule has 0 bridgehead atoms. The molecule has 1 atom stereocenters. The van der Waals surface area contributed by atoms with Crippen LogP contribution in [0.4, 0.5) is 5.82 Å². The van der Waals surface area contributed by atoms with Crippen LogP contribution in [0.3, 0.4) is 0 Å². The molecule has 1 fully saturated rings. The lowest BCUT2D eigenvalue weighted by Gasteiger charge is -2.34. The Hall–Kier alpha value is -3.69. The molecular weight excluding hydrogens is 462 g/mol. The van der Waals surface area contributed by atoms with E-state index >= 15 is 0 Å². The molecule has 6 rings (SSSR count). The minimum atomic E-state index is -3.85. The molecule has 4 heterocycles. The van der Waals surface area contributed by atoms with Crippen LogP contribution >= 0.6 is 0 Å². The molecule has 0 spiro atoms. The molecule has 9 heteroatoms. The number of aromatic nitrogens is 4. The number of anilines is 1. The summed E-state index contributed by atoms with van der Waals surface area (Å²) in [6, 6.07) is 16.6. The zero-order valence-corrected chi connectivity index (χ0v) is 20.3. The highest BCUT2D eigenvalue weighted by molar-refractivity contribution is 7.90. The zero-order valence-electron chi connectivity index (χ0n) is 19.5. The third-order valence-electron chi connectivity index (χ3n) is 6.54. The largest absolute Gasteiger partial charge is 0.377 e. The molecule has 178 valence electrons. The van der Waals surface area contributed by atoms with Gasteiger partial charge in [-0.15, -0.1) is 0 Å². The van der Waals surface area contributed by atoms with Gasteiger partial charge in [0.15, 0.2) is 11.5 Å². The molecule has 3 aromatic heterocycles. The van der Waals surface area contributed by atoms with E-state index in [1.165, 1.54) is 3.97 Å². The zero-order chi connectivity index (χ0) is 24.2. The van der Waals surface area contributed by atoms with Crippen molar-refractivity contribution in [2.24, 2.45) is 0 Å². The summed E-state index contributed by atoms with van der Waals surface area (Å²) < 4.78 is 34.2. The van der Waals surface area contributed by atoms with Gasteiger partial charge in [0, 0.05) is 35.4 Å². The highest BCUT2D eigenvalue weighted by Crippen LogP contribution is 2.34. The molecule has 0 unspecified atom stereocenters. The lowest BCUT2D eigenvalue weighted by atomic mass is 10.1. The maximum Gasteiger partial charge on any atom is 0.269 e. The summed E-state index contributed by atoms with van der Waals surface area (Å²) >= 11 is 0. The summed E-state index contributed by atoms with van der Waals surface area (Å²) in [4.78, 5) is 15.4. The van der Waals surface area contributed by atoms with Gasteiger partial charge in [-0.2, -0.15) is 0 Å². The number of benzene rings is 2. The van der Waals surface area contributed by atoms with Crippen LogP contribution in [0.1, 0.15) is 12.5 Å². The second-order valence-corrected chi connectivity index (χ2v) is 10.7. The van der Waals surface area contributed by atoms with Crippen LogP contribution in [-0.2, 0) is 14.8 Å². The van der Waals surface area contributed by atoms with E-state index in [9.17, 15) is 8.42 Å². The lowest BCUT2D eigenvalue weighted by Crippen LogP contribution is -2.44. The predicted octanol–water partition coefficient (Wildman–Crippen LogP) is 4.35. The maximum absolute atomic E-state index is 13.7. The summed E-state index contributed by atoms with van der Waals surface area (Å²) in [6.45, 7) is 5.84. The van der Waals surface area contributed by atoms with E-state index in [0.29, 0.717) is 42.4 Å². The number of aromatic amines is 1. The third kappa shape index (κ3) is 3.59. The fourth-order valence-corrected chi connectivity index (χ4v) is 5.95. The molecule has 35 heavy (non-hydrogen) atoms. The van der Waals surface area contributed by atoms with Crippen molar-refractivity contribution >= 4 is 37.8 Å². The van der Waals surface area contributed by atoms with Crippen LogP contribution in [0, 0.1) is 6.92 Å². The molecule has 0 saturated carbocycles. The molecule has 0 aliphatic carbocycles. The number of morpholine rings is 1. The average Bonchev–Trinajstić information content (AvgIpc) is 3.51. The Morgan fingerprint density at radius 1 is 1.03 bits per heavy atom. The van der Waals surface area contributed by atoms with Gasteiger partial charge in [0.25, 0.3) is 10.0 Å². The van der Waals surface area contributed by atoms with Gasteiger partial charge >= 0.3 is 0 Å². The van der Waals surface area contributed by atoms with Crippen LogP contribution in [-0.4, -0.2) is 53.1 Å². The normalized spacial score (nSPS) is 16.9. The van der Waals surface area contributed by atoms with E-state index in [4.69, 9.17) is 14.7 Å². The van der Waals surface area contributed by atoms with Gasteiger partial charge < -0.3 is 14.6 Å². The van der Waals surface area contributed by atoms with Gasteiger partial charge in [-0.25, -0.2) is 22.4 Å². The van der Waals surface area contributed by atoms with Gasteiger partial charge in [-0.3, -0.25) is 0 Å². The molecule has 5 aromatic rings. The Balaban J connectivity index is 1.62. The minimum Gasteiger partial charge on any atom is -0.377 e. The number of hydrogen-bond acceptors (Lipinski definition) is 6. The van der Waals surface area contributed by atoms with Crippen LogP contribution in [0.25, 0.3) is 33.3 Å². The van der Waals surface area contributed by atoms with E-state index in [2.05, 4.69) is 16.8 Å². The van der Waals surface area contributed by atoms with Crippen molar-refractivity contribution in [3.63, 3.8) is 0 Å². The molecule has 1 aliphatic heterocycles. The van der Waals surface area contributed by atoms with Gasteiger partial charge in [0.2, 0.25) is 0 Å². The second kappa shape index (κ2) is 8.21. The van der Waals surface area contributed by atoms with Crippen LogP contribution in [0.2, 0.25) is 0 Å². The Morgan fingerprint density at radius 3 is 2.66 bits per heavy atom. The minimum absolute atomic E-state index is 0.0924. The molecular formula is C26H25N5O3S. The van der Waals surface area contributed by atoms with Gasteiger partial charge in [-0.05, 0) is 44.2 Å². The SMILES string of the molecule is Cc1ccc(S(=O)(=O)n2ccc3c(N4CCOC[C@H]4C)nc(-c4cccc5[nH]ccc45)nc32)cc1. The van der Waals surface area contributed by atoms with E-state index in [0.717, 1.165) is 22.0 Å². The first-order valence-corrected chi connectivity index (χ1v) is 13.0. The number of H-pyrrole nitrogens is 1. The number of rotatable bonds is 4. The average molecular weight is 488 g/mol. The highest BCUT2D eigenvalue weighted by atomic mass is 32.2. The van der Waals surface area contributed by atoms with Crippen molar-refractivity contribution < 1.29 is 13.2 Å². The summed E-state index contributed by atoms with van der Waals surface area (Å²) in [5, 5.41) is 1.67. The number of hydrogen-bond donors (Lipinski definition) is 1. The fourth-order valence-electron chi connectivity index (χ4n) is 4.66. The first-order valence-electron chi connectivity index (χ1n) is 11.6. The Labute approximate surface area is 203 Å². The van der Waals surface area contributed by atoms with E-state index in [1.54, 1.807) is 36.5 Å². The van der Waals surface area contributed by atoms with Crippen molar-refractivity contribution in [1.82, 2.24) is 18.9 Å². The summed E-state index contributed by atoms with van der Waals surface area (Å²) in [5.41, 5.74) is 3.16. The summed E-state index contributed by atoms with van der Waals surface area (Å²) in [6.07, 6.45) is 3.45. The Bertz CT molecular complexity index is 1650. The van der Waals surface area contributed by atoms with Crippen molar-refractivity contribution in [1.29, 1.82) is 0 Å². The maximum atomic E-state index is 13.7. The molecule has 1 aliphatic rings. The molecule has 2 aromatic carbocycles. The summed E-state index contributed by atoms with van der Waals surface area (Å²) in [5.74, 6) is 1.20. The van der Waals surface area contributed by atoms with Crippen molar-refractivity contribution in [3.8, 4) is 11.4 Å². The molecule has 1 saturated heterocycles. The second-order valence-electron chi connectivity index (χ2n) is 8.90. The van der Waals surface area contributed by atoms with E-state index in [1.807, 2.05) is 37.4 Å². The predicted molar refractivity (Wildman–Crippen MR) is 136 cm³/mol. The van der Waals surface area contributed by atoms with E-state index < -0.39 is 10.0 Å². The van der Waals surface area contributed by atoms with Gasteiger partial charge in [0.05, 0.1) is 29.5 Å². The Morgan fingerprint density at radius 2 is 1.86 bits per heavy atom. The molecule has 0 amide bonds. The Kier molecular flexibility index (Phi) is 5.12. The lowest BCUT2D eigenvalue weighted by molar-refractivity contribution is 0.0987. The smallest absolute Gasteiger partial charge is 0.269 e. The number of ether oxygens (including phenoxy) is 1. The van der Waals surface area contributed by atoms with Crippen molar-refractivity contribution in [2.45, 2.75) is 24.8 Å². The van der Waals surface area contributed by atoms with E-state index in [-0.39, 0.29) is 10.9 Å². The monoisotopic (exact) mass is 487 g/mol. The van der Waals surface area contributed by atoms with Crippen molar-refractivity contribution in [2.75, 3.05) is 24.7 Å². The standard InChI is InChI=1S/C26H25N5O3S/c1-17-6-8-19(9-7-17)35(32,33)31-13-11-22-25(30-14-15-34-16-18(30)2)28-24(29-26(22)31)21-4-3-5-23-20(21)10-12-27-23/h3-13,18,27H,14-16H2,1-2H3/t18-/m1/s1. The molecule has 0 radical (unpaired) electrons. The first-order chi connectivity index (χ1) is 16.9. The number of nitrogens with one attached hydrogen (secondary N) is 1. The number of aryl methyl sites for hydroxylation is 1. The first kappa shape index (κ1) is 21.8. The van der Waals surface area contributed by atoms with Crippen LogP contribution < -0.4 is 4.90 Å². The van der Waals surface area contributed by atoms with Gasteiger partial charge in [-0.1, -0.05) is 29.8 Å².